The Balaban J connectivity index is 2.01. The molecular formula is C17H22Cl2O2. The summed E-state index contributed by atoms with van der Waals surface area (Å²) in [6, 6.07) is 5.58. The lowest BCUT2D eigenvalue weighted by molar-refractivity contribution is -0.121. The van der Waals surface area contributed by atoms with Gasteiger partial charge in [0.2, 0.25) is 0 Å². The van der Waals surface area contributed by atoms with E-state index >= 15 is 0 Å². The van der Waals surface area contributed by atoms with Gasteiger partial charge in [-0.05, 0) is 30.2 Å². The highest BCUT2D eigenvalue weighted by Crippen LogP contribution is 2.29. The van der Waals surface area contributed by atoms with Crippen LogP contribution in [-0.4, -0.2) is 19.0 Å². The van der Waals surface area contributed by atoms with E-state index in [0.717, 1.165) is 18.4 Å². The highest BCUT2D eigenvalue weighted by molar-refractivity contribution is 6.42. The molecule has 1 heterocycles. The van der Waals surface area contributed by atoms with Crippen molar-refractivity contribution in [1.29, 1.82) is 0 Å². The molecule has 2 rings (SSSR count). The van der Waals surface area contributed by atoms with Crippen LogP contribution in [0.5, 0.6) is 0 Å². The van der Waals surface area contributed by atoms with Gasteiger partial charge in [-0.25, -0.2) is 0 Å². The minimum atomic E-state index is -0.570. The van der Waals surface area contributed by atoms with E-state index in [1.807, 2.05) is 24.3 Å². The average Bonchev–Trinajstić information content (AvgIpc) is 2.94. The molecule has 116 valence electrons. The fraction of sp³-hybridized carbons (Fsp3) is 0.529. The first-order valence-corrected chi connectivity index (χ1v) is 8.33. The first-order chi connectivity index (χ1) is 10.2. The van der Waals surface area contributed by atoms with E-state index < -0.39 is 5.79 Å². The SMILES string of the molecule is CCCCCCC1(C=Cc2ccc(Cl)c(Cl)c2)OCCO1. The molecule has 0 saturated carbocycles. The van der Waals surface area contributed by atoms with Crippen molar-refractivity contribution in [2.45, 2.75) is 44.8 Å². The first-order valence-electron chi connectivity index (χ1n) is 7.57. The molecule has 0 amide bonds. The largest absolute Gasteiger partial charge is 0.344 e. The summed E-state index contributed by atoms with van der Waals surface area (Å²) in [6.45, 7) is 3.52. The van der Waals surface area contributed by atoms with Gasteiger partial charge in [0.1, 0.15) is 0 Å². The molecule has 0 atom stereocenters. The highest BCUT2D eigenvalue weighted by atomic mass is 35.5. The third-order valence-electron chi connectivity index (χ3n) is 3.63. The van der Waals surface area contributed by atoms with Gasteiger partial charge in [0.05, 0.1) is 23.3 Å². The number of benzene rings is 1. The van der Waals surface area contributed by atoms with Gasteiger partial charge in [-0.1, -0.05) is 61.5 Å². The van der Waals surface area contributed by atoms with Gasteiger partial charge < -0.3 is 9.47 Å². The quantitative estimate of drug-likeness (QED) is 0.596. The molecular weight excluding hydrogens is 307 g/mol. The maximum absolute atomic E-state index is 6.03. The van der Waals surface area contributed by atoms with Crippen molar-refractivity contribution in [2.75, 3.05) is 13.2 Å². The normalized spacial score (nSPS) is 17.7. The Bertz CT molecular complexity index is 480. The smallest absolute Gasteiger partial charge is 0.188 e. The number of ether oxygens (including phenoxy) is 2. The van der Waals surface area contributed by atoms with Crippen LogP contribution in [0.2, 0.25) is 10.0 Å². The lowest BCUT2D eigenvalue weighted by Crippen LogP contribution is -2.27. The fourth-order valence-electron chi connectivity index (χ4n) is 2.43. The molecule has 0 aliphatic carbocycles. The lowest BCUT2D eigenvalue weighted by Gasteiger charge is -2.23. The summed E-state index contributed by atoms with van der Waals surface area (Å²) in [4.78, 5) is 0. The number of hydrogen-bond acceptors (Lipinski definition) is 2. The van der Waals surface area contributed by atoms with Crippen LogP contribution in [0, 0.1) is 0 Å². The molecule has 1 fully saturated rings. The third-order valence-corrected chi connectivity index (χ3v) is 4.37. The van der Waals surface area contributed by atoms with E-state index in [-0.39, 0.29) is 0 Å². The molecule has 21 heavy (non-hydrogen) atoms. The van der Waals surface area contributed by atoms with Crippen molar-refractivity contribution in [2.24, 2.45) is 0 Å². The van der Waals surface area contributed by atoms with Crippen molar-refractivity contribution in [3.8, 4) is 0 Å². The summed E-state index contributed by atoms with van der Waals surface area (Å²) in [5.74, 6) is -0.570. The Kier molecular flexibility index (Phi) is 6.56. The van der Waals surface area contributed by atoms with E-state index in [2.05, 4.69) is 6.92 Å². The average molecular weight is 329 g/mol. The van der Waals surface area contributed by atoms with E-state index in [4.69, 9.17) is 32.7 Å². The second kappa shape index (κ2) is 8.19. The molecule has 1 aromatic carbocycles. The van der Waals surface area contributed by atoms with Crippen LogP contribution in [-0.2, 0) is 9.47 Å². The van der Waals surface area contributed by atoms with Crippen LogP contribution < -0.4 is 0 Å². The molecule has 0 spiro atoms. The monoisotopic (exact) mass is 328 g/mol. The zero-order chi connectivity index (χ0) is 15.1. The van der Waals surface area contributed by atoms with Crippen molar-refractivity contribution in [3.63, 3.8) is 0 Å². The Morgan fingerprint density at radius 1 is 1.10 bits per heavy atom. The molecule has 2 nitrogen and oxygen atoms in total. The first kappa shape index (κ1) is 16.8. The van der Waals surface area contributed by atoms with E-state index in [1.165, 1.54) is 19.3 Å². The van der Waals surface area contributed by atoms with Gasteiger partial charge in [0, 0.05) is 6.42 Å². The maximum Gasteiger partial charge on any atom is 0.188 e. The zero-order valence-corrected chi connectivity index (χ0v) is 13.9. The Hall–Kier alpha value is -0.540. The maximum atomic E-state index is 6.03. The van der Waals surface area contributed by atoms with Gasteiger partial charge in [0.15, 0.2) is 5.79 Å². The van der Waals surface area contributed by atoms with Crippen molar-refractivity contribution >= 4 is 29.3 Å². The molecule has 4 heteroatoms. The number of halogens is 2. The van der Waals surface area contributed by atoms with E-state index in [0.29, 0.717) is 23.3 Å². The summed E-state index contributed by atoms with van der Waals surface area (Å²) in [6.07, 6.45) is 9.70. The number of hydrogen-bond donors (Lipinski definition) is 0. The van der Waals surface area contributed by atoms with Gasteiger partial charge in [-0.3, -0.25) is 0 Å². The summed E-state index contributed by atoms with van der Waals surface area (Å²) in [5.41, 5.74) is 0.997. The van der Waals surface area contributed by atoms with Gasteiger partial charge in [-0.15, -0.1) is 0 Å². The van der Waals surface area contributed by atoms with E-state index in [9.17, 15) is 0 Å². The standard InChI is InChI=1S/C17H22Cl2O2/c1-2-3-4-5-9-17(20-11-12-21-17)10-8-14-6-7-15(18)16(19)13-14/h6-8,10,13H,2-5,9,11-12H2,1H3. The Labute approximate surface area is 137 Å². The van der Waals surface area contributed by atoms with Gasteiger partial charge in [0.25, 0.3) is 0 Å². The third kappa shape index (κ3) is 5.00. The Morgan fingerprint density at radius 3 is 2.52 bits per heavy atom. The predicted octanol–water partition coefficient (Wildman–Crippen LogP) is 5.72. The zero-order valence-electron chi connectivity index (χ0n) is 12.4. The molecule has 1 aromatic rings. The van der Waals surface area contributed by atoms with Crippen LogP contribution in [0.15, 0.2) is 24.3 Å². The second-order valence-corrected chi connectivity index (χ2v) is 6.14. The summed E-state index contributed by atoms with van der Waals surface area (Å²) in [7, 11) is 0. The molecule has 0 bridgehead atoms. The molecule has 1 aliphatic rings. The minimum absolute atomic E-state index is 0.559. The van der Waals surface area contributed by atoms with Crippen molar-refractivity contribution in [1.82, 2.24) is 0 Å². The molecule has 0 radical (unpaired) electrons. The summed E-state index contributed by atoms with van der Waals surface area (Å²) in [5, 5.41) is 1.13. The molecule has 0 N–H and O–H groups in total. The van der Waals surface area contributed by atoms with E-state index in [1.54, 1.807) is 6.07 Å². The lowest BCUT2D eigenvalue weighted by atomic mass is 10.0. The highest BCUT2D eigenvalue weighted by Gasteiger charge is 2.32. The number of unbranched alkanes of at least 4 members (excludes halogenated alkanes) is 3. The van der Waals surface area contributed by atoms with Gasteiger partial charge in [-0.2, -0.15) is 0 Å². The summed E-state index contributed by atoms with van der Waals surface area (Å²) >= 11 is 12.0. The fourth-order valence-corrected chi connectivity index (χ4v) is 2.74. The van der Waals surface area contributed by atoms with Crippen molar-refractivity contribution in [3.05, 3.63) is 39.9 Å². The molecule has 0 unspecified atom stereocenters. The van der Waals surface area contributed by atoms with Crippen LogP contribution in [0.4, 0.5) is 0 Å². The molecule has 1 aliphatic heterocycles. The van der Waals surface area contributed by atoms with Crippen LogP contribution in [0.1, 0.15) is 44.6 Å². The molecule has 0 aromatic heterocycles. The molecule has 1 saturated heterocycles. The van der Waals surface area contributed by atoms with Crippen LogP contribution in [0.3, 0.4) is 0 Å². The minimum Gasteiger partial charge on any atom is -0.344 e. The van der Waals surface area contributed by atoms with Crippen LogP contribution >= 0.6 is 23.2 Å². The summed E-state index contributed by atoms with van der Waals surface area (Å²) < 4.78 is 11.7. The van der Waals surface area contributed by atoms with Crippen LogP contribution in [0.25, 0.3) is 6.08 Å². The van der Waals surface area contributed by atoms with Gasteiger partial charge >= 0.3 is 0 Å². The number of rotatable bonds is 7. The topological polar surface area (TPSA) is 18.5 Å². The Morgan fingerprint density at radius 2 is 1.86 bits per heavy atom. The van der Waals surface area contributed by atoms with Crippen molar-refractivity contribution < 1.29 is 9.47 Å². The second-order valence-electron chi connectivity index (χ2n) is 5.33. The predicted molar refractivity (Wildman–Crippen MR) is 88.9 cm³/mol.